The summed E-state index contributed by atoms with van der Waals surface area (Å²) in [5, 5.41) is 18.7. The molecule has 0 aromatic heterocycles. The topological polar surface area (TPSA) is 91.7 Å². The van der Waals surface area contributed by atoms with E-state index in [0.29, 0.717) is 5.56 Å². The number of carboxylic acids is 1. The molecule has 6 heteroatoms. The van der Waals surface area contributed by atoms with Crippen molar-refractivity contribution in [1.29, 1.82) is 0 Å². The van der Waals surface area contributed by atoms with Crippen LogP contribution in [0.2, 0.25) is 0 Å². The number of phenols is 1. The van der Waals surface area contributed by atoms with Crippen LogP contribution >= 0.6 is 0 Å². The Morgan fingerprint density at radius 1 is 1.24 bits per heavy atom. The zero-order valence-corrected chi connectivity index (χ0v) is 9.72. The molecule has 5 nitrogen and oxygen atoms in total. The van der Waals surface area contributed by atoms with Gasteiger partial charge in [-0.15, -0.1) is 0 Å². The third-order valence-electron chi connectivity index (χ3n) is 3.01. The smallest absolute Gasteiger partial charge is 0.308 e. The van der Waals surface area contributed by atoms with Crippen molar-refractivity contribution in [3.63, 3.8) is 0 Å². The van der Waals surface area contributed by atoms with E-state index in [4.69, 9.17) is 5.11 Å². The van der Waals surface area contributed by atoms with Crippen molar-refractivity contribution < 1.29 is 23.4 Å². The number of hydrogen-bond donors (Lipinski definition) is 2. The van der Waals surface area contributed by atoms with Gasteiger partial charge in [0.15, 0.2) is 9.84 Å². The Bertz CT molecular complexity index is 549. The van der Waals surface area contributed by atoms with E-state index < -0.39 is 27.6 Å². The van der Waals surface area contributed by atoms with E-state index in [1.54, 1.807) is 18.2 Å². The Morgan fingerprint density at radius 2 is 1.88 bits per heavy atom. The van der Waals surface area contributed by atoms with Crippen LogP contribution in [0.4, 0.5) is 0 Å². The highest BCUT2D eigenvalue weighted by atomic mass is 32.2. The first kappa shape index (κ1) is 11.9. The normalized spacial score (nSPS) is 26.8. The Balaban J connectivity index is 2.44. The lowest BCUT2D eigenvalue weighted by Gasteiger charge is -2.15. The van der Waals surface area contributed by atoms with Crippen LogP contribution in [0.15, 0.2) is 24.3 Å². The van der Waals surface area contributed by atoms with Gasteiger partial charge in [0.1, 0.15) is 5.75 Å². The van der Waals surface area contributed by atoms with Gasteiger partial charge in [-0.25, -0.2) is 8.42 Å². The molecule has 0 spiro atoms. The highest BCUT2D eigenvalue weighted by Gasteiger charge is 2.43. The number of aromatic hydroxyl groups is 1. The number of aliphatic carboxylic acids is 1. The summed E-state index contributed by atoms with van der Waals surface area (Å²) in [7, 11) is -3.35. The first-order chi connectivity index (χ1) is 7.91. The van der Waals surface area contributed by atoms with Gasteiger partial charge in [0, 0.05) is 5.92 Å². The van der Waals surface area contributed by atoms with E-state index in [9.17, 15) is 18.3 Å². The second-order valence-corrected chi connectivity index (χ2v) is 6.34. The summed E-state index contributed by atoms with van der Waals surface area (Å²) >= 11 is 0. The predicted octanol–water partition coefficient (Wildman–Crippen LogP) is 0.605. The fourth-order valence-corrected chi connectivity index (χ4v) is 4.22. The van der Waals surface area contributed by atoms with E-state index >= 15 is 0 Å². The van der Waals surface area contributed by atoms with E-state index in [-0.39, 0.29) is 17.3 Å². The van der Waals surface area contributed by atoms with Crippen LogP contribution in [-0.2, 0) is 14.6 Å². The molecule has 1 aromatic carbocycles. The van der Waals surface area contributed by atoms with E-state index in [1.807, 2.05) is 0 Å². The summed E-state index contributed by atoms with van der Waals surface area (Å²) in [6.07, 6.45) is 0. The molecular weight excluding hydrogens is 244 g/mol. The molecule has 92 valence electrons. The second kappa shape index (κ2) is 4.03. The third-order valence-corrected chi connectivity index (χ3v) is 4.74. The number of carboxylic acid groups (broad SMARTS) is 1. The maximum absolute atomic E-state index is 11.5. The quantitative estimate of drug-likeness (QED) is 0.808. The Morgan fingerprint density at radius 3 is 2.47 bits per heavy atom. The van der Waals surface area contributed by atoms with Gasteiger partial charge in [-0.2, -0.15) is 0 Å². The number of para-hydroxylation sites is 1. The number of hydrogen-bond acceptors (Lipinski definition) is 4. The molecule has 17 heavy (non-hydrogen) atoms. The molecule has 0 saturated carbocycles. The number of benzene rings is 1. The summed E-state index contributed by atoms with van der Waals surface area (Å²) in [6, 6.07) is 6.26. The molecule has 2 atom stereocenters. The summed E-state index contributed by atoms with van der Waals surface area (Å²) in [5.41, 5.74) is 0.390. The van der Waals surface area contributed by atoms with Crippen LogP contribution in [0.3, 0.4) is 0 Å². The molecule has 1 saturated heterocycles. The van der Waals surface area contributed by atoms with Crippen LogP contribution in [0.25, 0.3) is 0 Å². The predicted molar refractivity (Wildman–Crippen MR) is 60.6 cm³/mol. The van der Waals surface area contributed by atoms with Crippen LogP contribution < -0.4 is 0 Å². The van der Waals surface area contributed by atoms with E-state index in [1.165, 1.54) is 6.07 Å². The molecule has 1 aliphatic rings. The number of phenolic OH excluding ortho intramolecular Hbond substituents is 1. The van der Waals surface area contributed by atoms with Crippen molar-refractivity contribution in [3.05, 3.63) is 29.8 Å². The minimum Gasteiger partial charge on any atom is -0.508 e. The van der Waals surface area contributed by atoms with Crippen molar-refractivity contribution >= 4 is 15.8 Å². The van der Waals surface area contributed by atoms with Gasteiger partial charge in [0.05, 0.1) is 17.4 Å². The number of carbonyl (C=O) groups is 1. The SMILES string of the molecule is O=C(O)C1CS(=O)(=O)CC1c1ccccc1O. The van der Waals surface area contributed by atoms with Crippen molar-refractivity contribution in [3.8, 4) is 5.75 Å². The Kier molecular flexibility index (Phi) is 2.82. The maximum atomic E-state index is 11.5. The molecule has 1 aromatic rings. The first-order valence-electron chi connectivity index (χ1n) is 5.12. The summed E-state index contributed by atoms with van der Waals surface area (Å²) in [6.45, 7) is 0. The van der Waals surface area contributed by atoms with E-state index in [0.717, 1.165) is 0 Å². The van der Waals surface area contributed by atoms with Gasteiger partial charge in [-0.1, -0.05) is 18.2 Å². The lowest BCUT2D eigenvalue weighted by atomic mass is 9.88. The molecule has 2 unspecified atom stereocenters. The molecule has 0 radical (unpaired) electrons. The third kappa shape index (κ3) is 2.26. The maximum Gasteiger partial charge on any atom is 0.308 e. The average molecular weight is 256 g/mol. The van der Waals surface area contributed by atoms with Crippen molar-refractivity contribution in [2.75, 3.05) is 11.5 Å². The Labute approximate surface area is 98.6 Å². The van der Waals surface area contributed by atoms with Crippen molar-refractivity contribution in [2.45, 2.75) is 5.92 Å². The molecule has 2 N–H and O–H groups in total. The lowest BCUT2D eigenvalue weighted by Crippen LogP contribution is -2.20. The average Bonchev–Trinajstić information content (AvgIpc) is 2.55. The van der Waals surface area contributed by atoms with Gasteiger partial charge in [-0.05, 0) is 11.6 Å². The molecule has 0 bridgehead atoms. The standard InChI is InChI=1S/C11H12O5S/c12-10-4-2-1-3-7(10)8-5-17(15,16)6-9(8)11(13)14/h1-4,8-9,12H,5-6H2,(H,13,14). The highest BCUT2D eigenvalue weighted by molar-refractivity contribution is 7.91. The van der Waals surface area contributed by atoms with Gasteiger partial charge in [-0.3, -0.25) is 4.79 Å². The van der Waals surface area contributed by atoms with Crippen LogP contribution in [0, 0.1) is 5.92 Å². The molecular formula is C11H12O5S. The zero-order chi connectivity index (χ0) is 12.6. The second-order valence-electron chi connectivity index (χ2n) is 4.19. The fraction of sp³-hybridized carbons (Fsp3) is 0.364. The van der Waals surface area contributed by atoms with Gasteiger partial charge in [0.25, 0.3) is 0 Å². The molecule has 1 fully saturated rings. The van der Waals surface area contributed by atoms with Crippen LogP contribution in [0.5, 0.6) is 5.75 Å². The lowest BCUT2D eigenvalue weighted by molar-refractivity contribution is -0.141. The fourth-order valence-electron chi connectivity index (χ4n) is 2.20. The first-order valence-corrected chi connectivity index (χ1v) is 6.94. The molecule has 1 aliphatic heterocycles. The van der Waals surface area contributed by atoms with Gasteiger partial charge in [0.2, 0.25) is 0 Å². The zero-order valence-electron chi connectivity index (χ0n) is 8.91. The summed E-state index contributed by atoms with van der Waals surface area (Å²) < 4.78 is 23.0. The molecule has 1 heterocycles. The minimum atomic E-state index is -3.35. The van der Waals surface area contributed by atoms with Crippen LogP contribution in [-0.4, -0.2) is 36.1 Å². The minimum absolute atomic E-state index is 0.0548. The largest absolute Gasteiger partial charge is 0.508 e. The van der Waals surface area contributed by atoms with Crippen molar-refractivity contribution in [2.24, 2.45) is 5.92 Å². The summed E-state index contributed by atoms with van der Waals surface area (Å²) in [4.78, 5) is 11.0. The van der Waals surface area contributed by atoms with Crippen LogP contribution in [0.1, 0.15) is 11.5 Å². The van der Waals surface area contributed by atoms with E-state index in [2.05, 4.69) is 0 Å². The Hall–Kier alpha value is -1.56. The molecule has 0 aliphatic carbocycles. The summed E-state index contributed by atoms with van der Waals surface area (Å²) in [5.74, 6) is -3.42. The van der Waals surface area contributed by atoms with Crippen molar-refractivity contribution in [1.82, 2.24) is 0 Å². The van der Waals surface area contributed by atoms with Gasteiger partial charge >= 0.3 is 5.97 Å². The highest BCUT2D eigenvalue weighted by Crippen LogP contribution is 2.38. The number of rotatable bonds is 2. The monoisotopic (exact) mass is 256 g/mol. The molecule has 0 amide bonds. The molecule has 2 rings (SSSR count). The number of sulfone groups is 1. The van der Waals surface area contributed by atoms with Gasteiger partial charge < -0.3 is 10.2 Å².